The molecular weight excluding hydrogens is 286 g/mol. The second kappa shape index (κ2) is 6.86. The fourth-order valence-electron chi connectivity index (χ4n) is 3.35. The number of nitrogens with one attached hydrogen (secondary N) is 1. The van der Waals surface area contributed by atoms with Crippen LogP contribution in [0.4, 0.5) is 4.79 Å². The highest BCUT2D eigenvalue weighted by atomic mass is 16.5. The molecule has 23 heavy (non-hydrogen) atoms. The van der Waals surface area contributed by atoms with Crippen molar-refractivity contribution in [2.24, 2.45) is 0 Å². The average Bonchev–Trinajstić information content (AvgIpc) is 2.87. The molecule has 2 aromatic carbocycles. The van der Waals surface area contributed by atoms with Crippen molar-refractivity contribution < 1.29 is 9.53 Å². The second-order valence-electron chi connectivity index (χ2n) is 6.16. The lowest BCUT2D eigenvalue weighted by atomic mass is 9.98. The Morgan fingerprint density at radius 3 is 2.22 bits per heavy atom. The molecule has 0 heterocycles. The van der Waals surface area contributed by atoms with Gasteiger partial charge in [0.1, 0.15) is 6.61 Å². The molecule has 0 saturated heterocycles. The van der Waals surface area contributed by atoms with Gasteiger partial charge in [-0.3, -0.25) is 0 Å². The Balaban J connectivity index is 1.72. The molecular formula is C20H23NO2. The van der Waals surface area contributed by atoms with Crippen molar-refractivity contribution in [1.29, 1.82) is 0 Å². The van der Waals surface area contributed by atoms with Crippen molar-refractivity contribution in [3.8, 4) is 11.1 Å². The number of rotatable bonds is 5. The monoisotopic (exact) mass is 309 g/mol. The minimum absolute atomic E-state index is 0.120. The molecule has 3 nitrogen and oxygen atoms in total. The van der Waals surface area contributed by atoms with Crippen LogP contribution >= 0.6 is 0 Å². The molecule has 1 atom stereocenters. The lowest BCUT2D eigenvalue weighted by Crippen LogP contribution is -2.33. The number of benzene rings is 2. The molecule has 1 unspecified atom stereocenters. The van der Waals surface area contributed by atoms with Gasteiger partial charge < -0.3 is 10.1 Å². The highest BCUT2D eigenvalue weighted by Crippen LogP contribution is 2.44. The molecule has 1 N–H and O–H groups in total. The van der Waals surface area contributed by atoms with Gasteiger partial charge in [0, 0.05) is 12.0 Å². The summed E-state index contributed by atoms with van der Waals surface area (Å²) in [5, 5.41) is 2.89. The van der Waals surface area contributed by atoms with Crippen molar-refractivity contribution >= 4 is 6.09 Å². The van der Waals surface area contributed by atoms with Gasteiger partial charge in [0.2, 0.25) is 0 Å². The van der Waals surface area contributed by atoms with Gasteiger partial charge in [-0.15, -0.1) is 0 Å². The van der Waals surface area contributed by atoms with Crippen LogP contribution in [0.5, 0.6) is 0 Å². The first-order valence-corrected chi connectivity index (χ1v) is 8.32. The van der Waals surface area contributed by atoms with Crippen molar-refractivity contribution in [3.05, 3.63) is 59.7 Å². The van der Waals surface area contributed by atoms with E-state index in [4.69, 9.17) is 4.74 Å². The third-order valence-electron chi connectivity index (χ3n) is 4.43. The summed E-state index contributed by atoms with van der Waals surface area (Å²) in [6, 6.07) is 16.9. The van der Waals surface area contributed by atoms with E-state index in [2.05, 4.69) is 48.6 Å². The van der Waals surface area contributed by atoms with E-state index < -0.39 is 0 Å². The summed E-state index contributed by atoms with van der Waals surface area (Å²) in [5.41, 5.74) is 4.97. The van der Waals surface area contributed by atoms with E-state index in [9.17, 15) is 4.79 Å². The zero-order chi connectivity index (χ0) is 16.2. The fraction of sp³-hybridized carbons (Fsp3) is 0.350. The van der Waals surface area contributed by atoms with Crippen LogP contribution in [0.2, 0.25) is 0 Å². The Hall–Kier alpha value is -2.29. The van der Waals surface area contributed by atoms with E-state index in [0.29, 0.717) is 6.61 Å². The highest BCUT2D eigenvalue weighted by Gasteiger charge is 2.29. The summed E-state index contributed by atoms with van der Waals surface area (Å²) < 4.78 is 5.51. The number of fused-ring (bicyclic) bond motifs is 3. The molecule has 0 aliphatic heterocycles. The van der Waals surface area contributed by atoms with Crippen LogP contribution in [0.1, 0.15) is 43.7 Å². The van der Waals surface area contributed by atoms with Crippen LogP contribution in [-0.2, 0) is 4.74 Å². The number of ether oxygens (including phenoxy) is 1. The molecule has 3 heteroatoms. The SMILES string of the molecule is CCCC(C)NC(=O)OCC1c2ccccc2-c2ccccc21. The normalized spacial score (nSPS) is 14.0. The maximum absolute atomic E-state index is 12.0. The molecule has 3 rings (SSSR count). The van der Waals surface area contributed by atoms with Gasteiger partial charge in [0.15, 0.2) is 0 Å². The topological polar surface area (TPSA) is 38.3 Å². The number of carbonyl (C=O) groups excluding carboxylic acids is 1. The van der Waals surface area contributed by atoms with E-state index in [1.165, 1.54) is 22.3 Å². The Morgan fingerprint density at radius 1 is 1.09 bits per heavy atom. The highest BCUT2D eigenvalue weighted by molar-refractivity contribution is 5.79. The van der Waals surface area contributed by atoms with Crippen molar-refractivity contribution in [2.75, 3.05) is 6.61 Å². The summed E-state index contributed by atoms with van der Waals surface area (Å²) in [6.07, 6.45) is 1.68. The van der Waals surface area contributed by atoms with Gasteiger partial charge in [-0.1, -0.05) is 61.9 Å². The van der Waals surface area contributed by atoms with Gasteiger partial charge in [-0.2, -0.15) is 0 Å². The van der Waals surface area contributed by atoms with Gasteiger partial charge in [0.05, 0.1) is 0 Å². The fourth-order valence-corrected chi connectivity index (χ4v) is 3.35. The number of carbonyl (C=O) groups is 1. The zero-order valence-electron chi connectivity index (χ0n) is 13.7. The summed E-state index contributed by atoms with van der Waals surface area (Å²) in [5.74, 6) is 0.120. The molecule has 1 aliphatic rings. The van der Waals surface area contributed by atoms with Crippen LogP contribution < -0.4 is 5.32 Å². The van der Waals surface area contributed by atoms with Crippen LogP contribution in [0.3, 0.4) is 0 Å². The van der Waals surface area contributed by atoms with E-state index in [1.807, 2.05) is 19.1 Å². The zero-order valence-corrected chi connectivity index (χ0v) is 13.7. The smallest absolute Gasteiger partial charge is 0.407 e. The summed E-state index contributed by atoms with van der Waals surface area (Å²) in [6.45, 7) is 4.49. The van der Waals surface area contributed by atoms with E-state index >= 15 is 0 Å². The number of alkyl carbamates (subject to hydrolysis) is 1. The Kier molecular flexibility index (Phi) is 4.65. The largest absolute Gasteiger partial charge is 0.449 e. The molecule has 120 valence electrons. The van der Waals surface area contributed by atoms with Crippen LogP contribution in [0, 0.1) is 0 Å². The first-order valence-electron chi connectivity index (χ1n) is 8.32. The molecule has 0 radical (unpaired) electrons. The minimum Gasteiger partial charge on any atom is -0.449 e. The maximum Gasteiger partial charge on any atom is 0.407 e. The standard InChI is InChI=1S/C20H23NO2/c1-3-8-14(2)21-20(22)23-13-19-17-11-6-4-9-15(17)16-10-5-7-12-18(16)19/h4-7,9-12,14,19H,3,8,13H2,1-2H3,(H,21,22). The molecule has 0 saturated carbocycles. The van der Waals surface area contributed by atoms with E-state index in [0.717, 1.165) is 12.8 Å². The Bertz CT molecular complexity index is 650. The summed E-state index contributed by atoms with van der Waals surface area (Å²) in [7, 11) is 0. The third-order valence-corrected chi connectivity index (χ3v) is 4.43. The molecule has 1 aliphatic carbocycles. The quantitative estimate of drug-likeness (QED) is 0.868. The molecule has 2 aromatic rings. The predicted octanol–water partition coefficient (Wildman–Crippen LogP) is 4.71. The molecule has 0 spiro atoms. The minimum atomic E-state index is -0.326. The van der Waals surface area contributed by atoms with Gasteiger partial charge in [-0.05, 0) is 35.6 Å². The Morgan fingerprint density at radius 2 is 1.65 bits per heavy atom. The van der Waals surface area contributed by atoms with Crippen LogP contribution in [0.15, 0.2) is 48.5 Å². The lowest BCUT2D eigenvalue weighted by Gasteiger charge is -2.16. The predicted molar refractivity (Wildman–Crippen MR) is 92.6 cm³/mol. The number of hydrogen-bond acceptors (Lipinski definition) is 2. The maximum atomic E-state index is 12.0. The molecule has 1 amide bonds. The van der Waals surface area contributed by atoms with Crippen molar-refractivity contribution in [3.63, 3.8) is 0 Å². The first kappa shape index (κ1) is 15.6. The molecule has 0 aromatic heterocycles. The first-order chi connectivity index (χ1) is 11.2. The van der Waals surface area contributed by atoms with Crippen molar-refractivity contribution in [2.45, 2.75) is 38.6 Å². The van der Waals surface area contributed by atoms with Crippen molar-refractivity contribution in [1.82, 2.24) is 5.32 Å². The van der Waals surface area contributed by atoms with E-state index in [1.54, 1.807) is 0 Å². The Labute approximate surface area is 137 Å². The van der Waals surface area contributed by atoms with E-state index in [-0.39, 0.29) is 18.1 Å². The number of hydrogen-bond donors (Lipinski definition) is 1. The summed E-state index contributed by atoms with van der Waals surface area (Å²) in [4.78, 5) is 12.0. The second-order valence-corrected chi connectivity index (χ2v) is 6.16. The summed E-state index contributed by atoms with van der Waals surface area (Å²) >= 11 is 0. The molecule has 0 bridgehead atoms. The average molecular weight is 309 g/mol. The van der Waals surface area contributed by atoms with Crippen LogP contribution in [0.25, 0.3) is 11.1 Å². The van der Waals surface area contributed by atoms with Gasteiger partial charge in [0.25, 0.3) is 0 Å². The van der Waals surface area contributed by atoms with Gasteiger partial charge in [-0.25, -0.2) is 4.79 Å². The molecule has 0 fully saturated rings. The third kappa shape index (κ3) is 3.24. The van der Waals surface area contributed by atoms with Gasteiger partial charge >= 0.3 is 6.09 Å². The van der Waals surface area contributed by atoms with Crippen LogP contribution in [-0.4, -0.2) is 18.7 Å². The number of amides is 1. The lowest BCUT2D eigenvalue weighted by molar-refractivity contribution is 0.139.